The number of amides is 3. The minimum absolute atomic E-state index is 0.173. The second-order valence-corrected chi connectivity index (χ2v) is 6.42. The molecule has 0 aliphatic carbocycles. The molecule has 27 heavy (non-hydrogen) atoms. The van der Waals surface area contributed by atoms with Gasteiger partial charge in [-0.2, -0.15) is 0 Å². The second kappa shape index (κ2) is 8.46. The van der Waals surface area contributed by atoms with Gasteiger partial charge in [-0.05, 0) is 17.7 Å². The summed E-state index contributed by atoms with van der Waals surface area (Å²) in [6.45, 7) is 3.19. The molecule has 1 aliphatic rings. The third-order valence-electron chi connectivity index (χ3n) is 4.54. The van der Waals surface area contributed by atoms with Crippen LogP contribution in [0.1, 0.15) is 15.9 Å². The quantitative estimate of drug-likeness (QED) is 0.791. The summed E-state index contributed by atoms with van der Waals surface area (Å²) < 4.78 is 0. The zero-order valence-corrected chi connectivity index (χ0v) is 14.9. The fourth-order valence-electron chi connectivity index (χ4n) is 3.08. The van der Waals surface area contributed by atoms with Crippen LogP contribution in [0.25, 0.3) is 0 Å². The molecular weight excluding hydrogens is 344 g/mol. The van der Waals surface area contributed by atoms with Gasteiger partial charge in [-0.25, -0.2) is 0 Å². The molecule has 0 saturated carbocycles. The molecule has 140 valence electrons. The number of nitrogens with one attached hydrogen (secondary N) is 1. The largest absolute Gasteiger partial charge is 0.366 e. The number of hydrogen-bond acceptors (Lipinski definition) is 4. The van der Waals surface area contributed by atoms with Crippen LogP contribution in [0.15, 0.2) is 54.6 Å². The Morgan fingerprint density at radius 3 is 2.19 bits per heavy atom. The average Bonchev–Trinajstić information content (AvgIpc) is 2.69. The Bertz CT molecular complexity index is 830. The van der Waals surface area contributed by atoms with Crippen molar-refractivity contribution in [3.8, 4) is 0 Å². The van der Waals surface area contributed by atoms with Gasteiger partial charge in [-0.3, -0.25) is 19.3 Å². The van der Waals surface area contributed by atoms with Crippen molar-refractivity contribution in [2.24, 2.45) is 5.73 Å². The smallest absolute Gasteiger partial charge is 0.313 e. The molecule has 3 rings (SSSR count). The second-order valence-electron chi connectivity index (χ2n) is 6.42. The molecule has 1 heterocycles. The number of piperazine rings is 1. The lowest BCUT2D eigenvalue weighted by Crippen LogP contribution is -2.51. The van der Waals surface area contributed by atoms with Crippen LogP contribution in [0.3, 0.4) is 0 Å². The topological polar surface area (TPSA) is 95.7 Å². The molecule has 1 aliphatic heterocycles. The summed E-state index contributed by atoms with van der Waals surface area (Å²) in [7, 11) is 0. The van der Waals surface area contributed by atoms with Gasteiger partial charge in [0.1, 0.15) is 0 Å². The first-order valence-electron chi connectivity index (χ1n) is 8.80. The van der Waals surface area contributed by atoms with E-state index in [0.29, 0.717) is 26.2 Å². The van der Waals surface area contributed by atoms with Gasteiger partial charge in [0.05, 0.1) is 11.3 Å². The predicted octanol–water partition coefficient (Wildman–Crippen LogP) is 1.07. The molecule has 7 nitrogen and oxygen atoms in total. The molecule has 1 saturated heterocycles. The Morgan fingerprint density at radius 2 is 1.52 bits per heavy atom. The molecule has 7 heteroatoms. The maximum Gasteiger partial charge on any atom is 0.313 e. The highest BCUT2D eigenvalue weighted by atomic mass is 16.2. The highest BCUT2D eigenvalue weighted by Crippen LogP contribution is 2.15. The summed E-state index contributed by atoms with van der Waals surface area (Å²) in [6.07, 6.45) is 0. The van der Waals surface area contributed by atoms with Crippen LogP contribution in [0.4, 0.5) is 5.69 Å². The summed E-state index contributed by atoms with van der Waals surface area (Å²) in [4.78, 5) is 39.9. The van der Waals surface area contributed by atoms with Gasteiger partial charge in [0.15, 0.2) is 0 Å². The monoisotopic (exact) mass is 366 g/mol. The molecule has 0 unspecified atom stereocenters. The summed E-state index contributed by atoms with van der Waals surface area (Å²) in [6, 6.07) is 16.5. The number of primary amides is 1. The molecule has 3 N–H and O–H groups in total. The number of para-hydroxylation sites is 1. The van der Waals surface area contributed by atoms with Crippen molar-refractivity contribution in [3.05, 3.63) is 65.7 Å². The first-order chi connectivity index (χ1) is 13.0. The summed E-state index contributed by atoms with van der Waals surface area (Å²) in [5.41, 5.74) is 6.93. The van der Waals surface area contributed by atoms with E-state index in [0.717, 1.165) is 6.54 Å². The van der Waals surface area contributed by atoms with Crippen LogP contribution in [-0.2, 0) is 16.1 Å². The number of carbonyl (C=O) groups excluding carboxylic acids is 3. The summed E-state index contributed by atoms with van der Waals surface area (Å²) >= 11 is 0. The van der Waals surface area contributed by atoms with Crippen molar-refractivity contribution in [1.82, 2.24) is 9.80 Å². The third kappa shape index (κ3) is 4.71. The van der Waals surface area contributed by atoms with E-state index in [-0.39, 0.29) is 11.3 Å². The van der Waals surface area contributed by atoms with Crippen molar-refractivity contribution in [3.63, 3.8) is 0 Å². The average molecular weight is 366 g/mol. The summed E-state index contributed by atoms with van der Waals surface area (Å²) in [5, 5.41) is 2.50. The lowest BCUT2D eigenvalue weighted by Gasteiger charge is -2.34. The van der Waals surface area contributed by atoms with E-state index in [2.05, 4.69) is 22.3 Å². The van der Waals surface area contributed by atoms with E-state index in [9.17, 15) is 14.4 Å². The number of hydrogen-bond donors (Lipinski definition) is 2. The van der Waals surface area contributed by atoms with E-state index < -0.39 is 17.7 Å². The Hall–Kier alpha value is -3.19. The number of benzene rings is 2. The van der Waals surface area contributed by atoms with Gasteiger partial charge in [-0.15, -0.1) is 0 Å². The molecule has 2 aromatic rings. The predicted molar refractivity (Wildman–Crippen MR) is 102 cm³/mol. The fourth-order valence-corrected chi connectivity index (χ4v) is 3.08. The van der Waals surface area contributed by atoms with E-state index in [1.807, 2.05) is 18.2 Å². The molecule has 0 atom stereocenters. The van der Waals surface area contributed by atoms with Crippen LogP contribution in [0.5, 0.6) is 0 Å². The van der Waals surface area contributed by atoms with Gasteiger partial charge in [0.2, 0.25) is 0 Å². The van der Waals surface area contributed by atoms with Crippen molar-refractivity contribution in [1.29, 1.82) is 0 Å². The van der Waals surface area contributed by atoms with Crippen molar-refractivity contribution in [2.75, 3.05) is 31.5 Å². The fraction of sp³-hybridized carbons (Fsp3) is 0.250. The van der Waals surface area contributed by atoms with E-state index >= 15 is 0 Å². The van der Waals surface area contributed by atoms with Crippen LogP contribution in [0.2, 0.25) is 0 Å². The van der Waals surface area contributed by atoms with Crippen LogP contribution >= 0.6 is 0 Å². The standard InChI is InChI=1S/C20H22N4O3/c21-18(25)16-8-4-5-9-17(16)22-19(26)20(27)24-12-10-23(11-13-24)14-15-6-2-1-3-7-15/h1-9H,10-14H2,(H2,21,25)(H,22,26). The van der Waals surface area contributed by atoms with Gasteiger partial charge >= 0.3 is 11.8 Å². The normalized spacial score (nSPS) is 14.6. The zero-order valence-electron chi connectivity index (χ0n) is 14.9. The molecule has 1 fully saturated rings. The van der Waals surface area contributed by atoms with Crippen LogP contribution in [-0.4, -0.2) is 53.7 Å². The number of rotatable bonds is 4. The maximum absolute atomic E-state index is 12.4. The molecular formula is C20H22N4O3. The first-order valence-corrected chi connectivity index (χ1v) is 8.80. The number of carbonyl (C=O) groups is 3. The SMILES string of the molecule is NC(=O)c1ccccc1NC(=O)C(=O)N1CCN(Cc2ccccc2)CC1. The Labute approximate surface area is 157 Å². The van der Waals surface area contributed by atoms with Crippen molar-refractivity contribution >= 4 is 23.4 Å². The maximum atomic E-state index is 12.4. The number of nitrogens with zero attached hydrogens (tertiary/aromatic N) is 2. The Balaban J connectivity index is 1.55. The van der Waals surface area contributed by atoms with E-state index in [1.54, 1.807) is 18.2 Å². The van der Waals surface area contributed by atoms with E-state index in [4.69, 9.17) is 5.73 Å². The van der Waals surface area contributed by atoms with Crippen LogP contribution < -0.4 is 11.1 Å². The lowest BCUT2D eigenvalue weighted by molar-refractivity contribution is -0.144. The zero-order chi connectivity index (χ0) is 19.2. The Morgan fingerprint density at radius 1 is 0.889 bits per heavy atom. The highest BCUT2D eigenvalue weighted by molar-refractivity contribution is 6.39. The molecule has 2 aromatic carbocycles. The first kappa shape index (κ1) is 18.6. The summed E-state index contributed by atoms with van der Waals surface area (Å²) in [5.74, 6) is -2.03. The van der Waals surface area contributed by atoms with Crippen molar-refractivity contribution < 1.29 is 14.4 Å². The molecule has 0 bridgehead atoms. The molecule has 0 spiro atoms. The number of anilines is 1. The van der Waals surface area contributed by atoms with Crippen molar-refractivity contribution in [2.45, 2.75) is 6.54 Å². The Kier molecular flexibility index (Phi) is 5.83. The lowest BCUT2D eigenvalue weighted by atomic mass is 10.1. The highest BCUT2D eigenvalue weighted by Gasteiger charge is 2.26. The van der Waals surface area contributed by atoms with E-state index in [1.165, 1.54) is 16.5 Å². The minimum atomic E-state index is -0.764. The number of nitrogens with two attached hydrogens (primary N) is 1. The van der Waals surface area contributed by atoms with Gasteiger partial charge in [0.25, 0.3) is 5.91 Å². The third-order valence-corrected chi connectivity index (χ3v) is 4.54. The van der Waals surface area contributed by atoms with Crippen LogP contribution in [0, 0.1) is 0 Å². The van der Waals surface area contributed by atoms with Gasteiger partial charge < -0.3 is 16.0 Å². The van der Waals surface area contributed by atoms with Gasteiger partial charge in [-0.1, -0.05) is 42.5 Å². The molecule has 0 radical (unpaired) electrons. The molecule has 0 aromatic heterocycles. The van der Waals surface area contributed by atoms with Gasteiger partial charge in [0, 0.05) is 32.7 Å². The minimum Gasteiger partial charge on any atom is -0.366 e. The molecule has 3 amide bonds.